The van der Waals surface area contributed by atoms with Gasteiger partial charge in [0.05, 0.1) is 17.2 Å². The average molecular weight is 427 g/mol. The molecule has 2 aliphatic heterocycles. The number of pyridine rings is 1. The number of hydrogen-bond acceptors (Lipinski definition) is 7. The van der Waals surface area contributed by atoms with Crippen LogP contribution in [0, 0.1) is 5.82 Å². The molecule has 9 nitrogen and oxygen atoms in total. The molecule has 3 heterocycles. The molecule has 0 unspecified atom stereocenters. The highest BCUT2D eigenvalue weighted by molar-refractivity contribution is 7.92. The van der Waals surface area contributed by atoms with Crippen molar-refractivity contribution < 1.29 is 31.1 Å². The van der Waals surface area contributed by atoms with Crippen LogP contribution in [-0.4, -0.2) is 50.9 Å². The number of halogens is 1. The van der Waals surface area contributed by atoms with Gasteiger partial charge in [0.25, 0.3) is 5.91 Å². The van der Waals surface area contributed by atoms with Crippen LogP contribution in [0.15, 0.2) is 24.3 Å². The summed E-state index contributed by atoms with van der Waals surface area (Å²) in [5.41, 5.74) is 0.123. The molecule has 0 radical (unpaired) electrons. The fourth-order valence-electron chi connectivity index (χ4n) is 3.18. The van der Waals surface area contributed by atoms with E-state index in [4.69, 9.17) is 0 Å². The van der Waals surface area contributed by atoms with Gasteiger partial charge in [0.1, 0.15) is 23.5 Å². The Labute approximate surface area is 159 Å². The van der Waals surface area contributed by atoms with E-state index in [1.54, 1.807) is 10.8 Å². The van der Waals surface area contributed by atoms with Crippen molar-refractivity contribution >= 4 is 48.1 Å². The standard InChI is InChI=1S/C16H14FN3O6S2/c17-14-15-10(1-2-11(18-15)9-3-5-27(23,24)6-4-9)7-12(21)16(14)20-8-13(22)19-28(20,25)26/h1-3,7,21H,4-6,8H2,(H,19,22). The third-order valence-corrected chi connectivity index (χ3v) is 7.42. The van der Waals surface area contributed by atoms with Crippen LogP contribution < -0.4 is 9.03 Å². The van der Waals surface area contributed by atoms with Crippen molar-refractivity contribution in [3.8, 4) is 5.75 Å². The molecule has 0 bridgehead atoms. The summed E-state index contributed by atoms with van der Waals surface area (Å²) in [5, 5.41) is 10.4. The number of fused-ring (bicyclic) bond motifs is 1. The lowest BCUT2D eigenvalue weighted by Crippen LogP contribution is -2.30. The molecule has 1 saturated heterocycles. The first kappa shape index (κ1) is 18.6. The number of benzene rings is 1. The second kappa shape index (κ2) is 6.14. The molecular formula is C16H14FN3O6S2. The molecule has 4 rings (SSSR count). The van der Waals surface area contributed by atoms with E-state index in [0.717, 1.165) is 6.07 Å². The van der Waals surface area contributed by atoms with Gasteiger partial charge in [-0.3, -0.25) is 4.79 Å². The van der Waals surface area contributed by atoms with Gasteiger partial charge in [0, 0.05) is 5.39 Å². The van der Waals surface area contributed by atoms with Crippen molar-refractivity contribution in [2.75, 3.05) is 22.4 Å². The largest absolute Gasteiger partial charge is 0.506 e. The van der Waals surface area contributed by atoms with Gasteiger partial charge in [0.2, 0.25) is 0 Å². The van der Waals surface area contributed by atoms with Gasteiger partial charge in [-0.1, -0.05) is 12.1 Å². The van der Waals surface area contributed by atoms with Gasteiger partial charge in [-0.15, -0.1) is 0 Å². The van der Waals surface area contributed by atoms with Crippen molar-refractivity contribution in [3.05, 3.63) is 35.8 Å². The number of hydrogen-bond donors (Lipinski definition) is 2. The SMILES string of the molecule is O=C1CN(c2c(O)cc3ccc(C4=CCS(=O)(=O)CC4)nc3c2F)S(=O)(=O)N1. The molecule has 0 spiro atoms. The van der Waals surface area contributed by atoms with Crippen LogP contribution >= 0.6 is 0 Å². The van der Waals surface area contributed by atoms with Crippen molar-refractivity contribution in [2.24, 2.45) is 0 Å². The Morgan fingerprint density at radius 2 is 1.96 bits per heavy atom. The fourth-order valence-corrected chi connectivity index (χ4v) is 5.49. The van der Waals surface area contributed by atoms with Crippen molar-refractivity contribution in [1.82, 2.24) is 9.71 Å². The fraction of sp³-hybridized carbons (Fsp3) is 0.250. The Morgan fingerprint density at radius 3 is 2.57 bits per heavy atom. The highest BCUT2D eigenvalue weighted by Gasteiger charge is 2.38. The molecule has 1 fully saturated rings. The number of aromatic hydroxyl groups is 1. The molecule has 28 heavy (non-hydrogen) atoms. The number of sulfone groups is 1. The summed E-state index contributed by atoms with van der Waals surface area (Å²) >= 11 is 0. The molecule has 0 saturated carbocycles. The number of aromatic nitrogens is 1. The molecule has 2 aromatic rings. The number of nitrogens with one attached hydrogen (secondary N) is 1. The number of nitrogens with zero attached hydrogens (tertiary/aromatic N) is 2. The zero-order chi connectivity index (χ0) is 20.3. The number of carbonyl (C=O) groups is 1. The van der Waals surface area contributed by atoms with E-state index >= 15 is 4.39 Å². The molecule has 12 heteroatoms. The number of allylic oxidation sites excluding steroid dienone is 1. The van der Waals surface area contributed by atoms with Crippen LogP contribution in [0.25, 0.3) is 16.5 Å². The monoisotopic (exact) mass is 427 g/mol. The smallest absolute Gasteiger partial charge is 0.326 e. The van der Waals surface area contributed by atoms with E-state index in [1.165, 1.54) is 12.1 Å². The van der Waals surface area contributed by atoms with Crippen LogP contribution in [0.1, 0.15) is 12.1 Å². The average Bonchev–Trinajstić information content (AvgIpc) is 2.87. The first-order valence-electron chi connectivity index (χ1n) is 8.13. The maximum absolute atomic E-state index is 15.1. The van der Waals surface area contributed by atoms with Gasteiger partial charge in [-0.05, 0) is 24.1 Å². The Morgan fingerprint density at radius 1 is 1.21 bits per heavy atom. The van der Waals surface area contributed by atoms with Gasteiger partial charge in [-0.2, -0.15) is 8.42 Å². The number of amides is 1. The quantitative estimate of drug-likeness (QED) is 0.711. The van der Waals surface area contributed by atoms with Crippen molar-refractivity contribution in [1.29, 1.82) is 0 Å². The third-order valence-electron chi connectivity index (χ3n) is 4.54. The van der Waals surface area contributed by atoms with Crippen LogP contribution in [-0.2, 0) is 24.8 Å². The topological polar surface area (TPSA) is 134 Å². The van der Waals surface area contributed by atoms with E-state index < -0.39 is 49.8 Å². The summed E-state index contributed by atoms with van der Waals surface area (Å²) in [6.07, 6.45) is 1.74. The van der Waals surface area contributed by atoms with E-state index in [1.807, 2.05) is 0 Å². The lowest BCUT2D eigenvalue weighted by atomic mass is 10.1. The summed E-state index contributed by atoms with van der Waals surface area (Å²) in [7, 11) is -7.46. The molecule has 0 atom stereocenters. The van der Waals surface area contributed by atoms with Crippen LogP contribution in [0.2, 0.25) is 0 Å². The molecule has 0 aliphatic carbocycles. The minimum atomic E-state index is -4.32. The van der Waals surface area contributed by atoms with E-state index in [9.17, 15) is 26.7 Å². The van der Waals surface area contributed by atoms with Gasteiger partial charge in [0.15, 0.2) is 15.7 Å². The number of carbonyl (C=O) groups excluding carboxylic acids is 1. The highest BCUT2D eigenvalue weighted by Crippen LogP contribution is 2.38. The van der Waals surface area contributed by atoms with Crippen LogP contribution in [0.3, 0.4) is 0 Å². The number of anilines is 1. The first-order chi connectivity index (χ1) is 13.1. The first-order valence-corrected chi connectivity index (χ1v) is 11.4. The summed E-state index contributed by atoms with van der Waals surface area (Å²) in [5.74, 6) is -2.77. The molecule has 148 valence electrons. The third kappa shape index (κ3) is 3.07. The second-order valence-electron chi connectivity index (χ2n) is 6.46. The summed E-state index contributed by atoms with van der Waals surface area (Å²) in [6.45, 7) is -0.666. The molecule has 1 amide bonds. The Kier molecular flexibility index (Phi) is 4.08. The second-order valence-corrected chi connectivity index (χ2v) is 10.3. The molecule has 2 aliphatic rings. The predicted octanol–water partition coefficient (Wildman–Crippen LogP) is 0.462. The normalized spacial score (nSPS) is 20.8. The maximum Gasteiger partial charge on any atom is 0.326 e. The van der Waals surface area contributed by atoms with Crippen molar-refractivity contribution in [2.45, 2.75) is 6.42 Å². The zero-order valence-corrected chi connectivity index (χ0v) is 15.8. The zero-order valence-electron chi connectivity index (χ0n) is 14.2. The van der Waals surface area contributed by atoms with Gasteiger partial charge < -0.3 is 5.11 Å². The van der Waals surface area contributed by atoms with E-state index in [2.05, 4.69) is 4.98 Å². The number of phenolic OH excluding ortho intramolecular Hbond substituents is 1. The maximum atomic E-state index is 15.1. The lowest BCUT2D eigenvalue weighted by molar-refractivity contribution is -0.117. The number of phenols is 1. The predicted molar refractivity (Wildman–Crippen MR) is 99.0 cm³/mol. The highest BCUT2D eigenvalue weighted by atomic mass is 32.2. The summed E-state index contributed by atoms with van der Waals surface area (Å²) in [4.78, 5) is 15.6. The van der Waals surface area contributed by atoms with Crippen LogP contribution in [0.5, 0.6) is 5.75 Å². The Balaban J connectivity index is 1.86. The molecule has 2 N–H and O–H groups in total. The summed E-state index contributed by atoms with van der Waals surface area (Å²) < 4.78 is 64.5. The lowest BCUT2D eigenvalue weighted by Gasteiger charge is -2.18. The molecule has 1 aromatic carbocycles. The van der Waals surface area contributed by atoms with E-state index in [-0.39, 0.29) is 28.8 Å². The van der Waals surface area contributed by atoms with Crippen molar-refractivity contribution in [3.63, 3.8) is 0 Å². The minimum Gasteiger partial charge on any atom is -0.506 e. The Bertz CT molecular complexity index is 1270. The van der Waals surface area contributed by atoms with Gasteiger partial charge in [-0.25, -0.2) is 26.8 Å². The number of rotatable bonds is 2. The summed E-state index contributed by atoms with van der Waals surface area (Å²) in [6, 6.07) is 4.22. The van der Waals surface area contributed by atoms with Crippen LogP contribution in [0.4, 0.5) is 10.1 Å². The molecular weight excluding hydrogens is 413 g/mol. The molecule has 1 aromatic heterocycles. The minimum absolute atomic E-state index is 0.0400. The van der Waals surface area contributed by atoms with Gasteiger partial charge >= 0.3 is 10.2 Å². The van der Waals surface area contributed by atoms with E-state index in [0.29, 0.717) is 15.6 Å². The Hall–Kier alpha value is -2.73.